The zero-order chi connectivity index (χ0) is 8.97. The smallest absolute Gasteiger partial charge is 0.174 e. The number of halogens is 2. The van der Waals surface area contributed by atoms with Crippen LogP contribution in [0.4, 0.5) is 5.69 Å². The van der Waals surface area contributed by atoms with Crippen LogP contribution in [-0.4, -0.2) is 28.5 Å². The molecule has 0 aromatic carbocycles. The molecule has 0 saturated carbocycles. The fourth-order valence-electron chi connectivity index (χ4n) is 0.668. The van der Waals surface area contributed by atoms with Crippen LogP contribution in [0.1, 0.15) is 0 Å². The first-order chi connectivity index (χ1) is 5.74. The molecule has 0 amide bonds. The first-order valence-corrected chi connectivity index (χ1v) is 4.03. The van der Waals surface area contributed by atoms with E-state index in [0.717, 1.165) is 0 Å². The molecule has 0 spiro atoms. The molecule has 66 valence electrons. The molecule has 0 bridgehead atoms. The van der Waals surface area contributed by atoms with Crippen molar-refractivity contribution < 1.29 is 5.11 Å². The first-order valence-electron chi connectivity index (χ1n) is 3.27. The van der Waals surface area contributed by atoms with Gasteiger partial charge in [-0.25, -0.2) is 0 Å². The summed E-state index contributed by atoms with van der Waals surface area (Å²) in [5, 5.41) is 19.0. The van der Waals surface area contributed by atoms with E-state index in [1.54, 1.807) is 6.07 Å². The molecule has 0 unspecified atom stereocenters. The molecule has 0 aliphatic rings. The molecule has 2 N–H and O–H groups in total. The number of nitrogens with one attached hydrogen (secondary N) is 1. The number of hydrogen-bond donors (Lipinski definition) is 2. The number of anilines is 1. The van der Waals surface area contributed by atoms with Gasteiger partial charge in [-0.1, -0.05) is 23.2 Å². The second-order valence-electron chi connectivity index (χ2n) is 2.02. The number of rotatable bonds is 3. The molecule has 6 heteroatoms. The van der Waals surface area contributed by atoms with E-state index < -0.39 is 0 Å². The Bertz CT molecular complexity index is 269. The van der Waals surface area contributed by atoms with Gasteiger partial charge < -0.3 is 10.4 Å². The van der Waals surface area contributed by atoms with E-state index in [2.05, 4.69) is 15.5 Å². The van der Waals surface area contributed by atoms with E-state index >= 15 is 0 Å². The molecular weight excluding hydrogens is 201 g/mol. The summed E-state index contributed by atoms with van der Waals surface area (Å²) in [6.07, 6.45) is 0. The number of nitrogens with zero attached hydrogens (tertiary/aromatic N) is 2. The minimum atomic E-state index is 0.0241. The Kier molecular flexibility index (Phi) is 3.52. The van der Waals surface area contributed by atoms with E-state index in [-0.39, 0.29) is 16.9 Å². The quantitative estimate of drug-likeness (QED) is 0.783. The second kappa shape index (κ2) is 4.45. The molecule has 1 rings (SSSR count). The summed E-state index contributed by atoms with van der Waals surface area (Å²) in [6, 6.07) is 1.55. The van der Waals surface area contributed by atoms with Crippen molar-refractivity contribution in [3.8, 4) is 0 Å². The summed E-state index contributed by atoms with van der Waals surface area (Å²) in [5.74, 6) is 0. The highest BCUT2D eigenvalue weighted by Gasteiger charge is 2.01. The van der Waals surface area contributed by atoms with Gasteiger partial charge in [-0.2, -0.15) is 0 Å². The van der Waals surface area contributed by atoms with Crippen LogP contribution in [0.5, 0.6) is 0 Å². The first kappa shape index (κ1) is 9.51. The molecular formula is C6H7Cl2N3O. The maximum atomic E-state index is 8.51. The van der Waals surface area contributed by atoms with Gasteiger partial charge in [0.1, 0.15) is 0 Å². The highest BCUT2D eigenvalue weighted by molar-refractivity contribution is 6.33. The van der Waals surface area contributed by atoms with Gasteiger partial charge in [0.2, 0.25) is 0 Å². The third kappa shape index (κ3) is 2.48. The van der Waals surface area contributed by atoms with Crippen molar-refractivity contribution in [2.45, 2.75) is 0 Å². The molecule has 0 atom stereocenters. The molecule has 0 radical (unpaired) electrons. The van der Waals surface area contributed by atoms with E-state index in [0.29, 0.717) is 12.2 Å². The Balaban J connectivity index is 2.75. The van der Waals surface area contributed by atoms with Crippen molar-refractivity contribution in [1.29, 1.82) is 0 Å². The normalized spacial score (nSPS) is 9.92. The van der Waals surface area contributed by atoms with Crippen molar-refractivity contribution in [3.05, 3.63) is 16.4 Å². The lowest BCUT2D eigenvalue weighted by Gasteiger charge is -2.04. The molecule has 4 nitrogen and oxygen atoms in total. The standard InChI is InChI=1S/C6H7Cl2N3O/c7-5-3-4(9-1-2-12)6(8)11-10-5/h3,12H,1-2H2,(H,9,10). The van der Waals surface area contributed by atoms with Gasteiger partial charge in [-0.05, 0) is 0 Å². The van der Waals surface area contributed by atoms with Gasteiger partial charge in [-0.3, -0.25) is 0 Å². The van der Waals surface area contributed by atoms with Gasteiger partial charge in [0.05, 0.1) is 12.3 Å². The Morgan fingerprint density at radius 2 is 2.17 bits per heavy atom. The second-order valence-corrected chi connectivity index (χ2v) is 2.77. The Labute approximate surface area is 79.5 Å². The minimum Gasteiger partial charge on any atom is -0.395 e. The van der Waals surface area contributed by atoms with E-state index in [1.165, 1.54) is 0 Å². The van der Waals surface area contributed by atoms with Gasteiger partial charge in [0.25, 0.3) is 0 Å². The summed E-state index contributed by atoms with van der Waals surface area (Å²) in [6.45, 7) is 0.429. The number of aliphatic hydroxyl groups excluding tert-OH is 1. The van der Waals surface area contributed by atoms with E-state index in [9.17, 15) is 0 Å². The summed E-state index contributed by atoms with van der Waals surface area (Å²) >= 11 is 11.2. The van der Waals surface area contributed by atoms with Crippen molar-refractivity contribution in [2.75, 3.05) is 18.5 Å². The van der Waals surface area contributed by atoms with Crippen LogP contribution in [0.15, 0.2) is 6.07 Å². The predicted molar refractivity (Wildman–Crippen MR) is 47.6 cm³/mol. The molecule has 0 aliphatic heterocycles. The highest BCUT2D eigenvalue weighted by atomic mass is 35.5. The molecule has 0 aliphatic carbocycles. The van der Waals surface area contributed by atoms with Crippen LogP contribution in [0.2, 0.25) is 10.3 Å². The number of aromatic nitrogens is 2. The van der Waals surface area contributed by atoms with Crippen LogP contribution in [0.25, 0.3) is 0 Å². The van der Waals surface area contributed by atoms with Crippen molar-refractivity contribution in [2.24, 2.45) is 0 Å². The van der Waals surface area contributed by atoms with Gasteiger partial charge in [0, 0.05) is 12.6 Å². The fraction of sp³-hybridized carbons (Fsp3) is 0.333. The van der Waals surface area contributed by atoms with E-state index in [1.807, 2.05) is 0 Å². The zero-order valence-electron chi connectivity index (χ0n) is 6.09. The summed E-state index contributed by atoms with van der Waals surface area (Å²) in [7, 11) is 0. The summed E-state index contributed by atoms with van der Waals surface area (Å²) in [4.78, 5) is 0. The maximum Gasteiger partial charge on any atom is 0.174 e. The lowest BCUT2D eigenvalue weighted by molar-refractivity contribution is 0.311. The van der Waals surface area contributed by atoms with Crippen LogP contribution >= 0.6 is 23.2 Å². The van der Waals surface area contributed by atoms with Crippen LogP contribution in [0.3, 0.4) is 0 Å². The highest BCUT2D eigenvalue weighted by Crippen LogP contribution is 2.19. The molecule has 1 heterocycles. The van der Waals surface area contributed by atoms with E-state index in [4.69, 9.17) is 28.3 Å². The SMILES string of the molecule is OCCNc1cc(Cl)nnc1Cl. The van der Waals surface area contributed by atoms with Crippen molar-refractivity contribution in [1.82, 2.24) is 10.2 Å². The van der Waals surface area contributed by atoms with Gasteiger partial charge in [0.15, 0.2) is 10.3 Å². The number of hydrogen-bond acceptors (Lipinski definition) is 4. The van der Waals surface area contributed by atoms with Crippen LogP contribution in [0, 0.1) is 0 Å². The Morgan fingerprint density at radius 1 is 1.42 bits per heavy atom. The van der Waals surface area contributed by atoms with Gasteiger partial charge >= 0.3 is 0 Å². The van der Waals surface area contributed by atoms with Gasteiger partial charge in [-0.15, -0.1) is 10.2 Å². The monoisotopic (exact) mass is 207 g/mol. The van der Waals surface area contributed by atoms with Crippen LogP contribution < -0.4 is 5.32 Å². The van der Waals surface area contributed by atoms with Crippen LogP contribution in [-0.2, 0) is 0 Å². The average molecular weight is 208 g/mol. The summed E-state index contributed by atoms with van der Waals surface area (Å²) in [5.41, 5.74) is 0.575. The number of aliphatic hydroxyl groups is 1. The third-order valence-corrected chi connectivity index (χ3v) is 1.61. The molecule has 1 aromatic heterocycles. The Hall–Kier alpha value is -0.580. The van der Waals surface area contributed by atoms with Crippen molar-refractivity contribution >= 4 is 28.9 Å². The molecule has 0 fully saturated rings. The largest absolute Gasteiger partial charge is 0.395 e. The lowest BCUT2D eigenvalue weighted by Crippen LogP contribution is -2.06. The average Bonchev–Trinajstić information content (AvgIpc) is 2.07. The molecule has 0 saturated heterocycles. The van der Waals surface area contributed by atoms with Crippen molar-refractivity contribution in [3.63, 3.8) is 0 Å². The summed E-state index contributed by atoms with van der Waals surface area (Å²) < 4.78 is 0. The zero-order valence-corrected chi connectivity index (χ0v) is 7.60. The third-order valence-electron chi connectivity index (χ3n) is 1.15. The fourth-order valence-corrected chi connectivity index (χ4v) is 0.974. The Morgan fingerprint density at radius 3 is 2.83 bits per heavy atom. The predicted octanol–water partition coefficient (Wildman–Crippen LogP) is 1.19. The minimum absolute atomic E-state index is 0.0241. The molecule has 1 aromatic rings. The lowest BCUT2D eigenvalue weighted by atomic mass is 10.4. The molecule has 12 heavy (non-hydrogen) atoms. The topological polar surface area (TPSA) is 58.0 Å². The maximum absolute atomic E-state index is 8.51.